The Morgan fingerprint density at radius 3 is 2.59 bits per heavy atom. The number of pyridine rings is 1. The zero-order valence-corrected chi connectivity index (χ0v) is 16.5. The van der Waals surface area contributed by atoms with Gasteiger partial charge in [0.2, 0.25) is 0 Å². The summed E-state index contributed by atoms with van der Waals surface area (Å²) in [4.78, 5) is 33.3. The van der Waals surface area contributed by atoms with Crippen LogP contribution in [0, 0.1) is 0 Å². The molecule has 1 saturated heterocycles. The number of aliphatic hydroxyl groups is 1. The number of nitrogens with zero attached hydrogens (tertiary/aromatic N) is 5. The van der Waals surface area contributed by atoms with Crippen molar-refractivity contribution in [2.45, 2.75) is 13.1 Å². The molecular formula is C21H25N5O3. The minimum Gasteiger partial charge on any atom is -0.395 e. The van der Waals surface area contributed by atoms with Crippen LogP contribution >= 0.6 is 0 Å². The molecule has 2 aromatic heterocycles. The third-order valence-electron chi connectivity index (χ3n) is 5.46. The fourth-order valence-corrected chi connectivity index (χ4v) is 3.72. The molecule has 8 nitrogen and oxygen atoms in total. The molecule has 8 heteroatoms. The van der Waals surface area contributed by atoms with E-state index in [-0.39, 0.29) is 24.3 Å². The van der Waals surface area contributed by atoms with Crippen molar-refractivity contribution < 1.29 is 5.11 Å². The summed E-state index contributed by atoms with van der Waals surface area (Å²) in [7, 11) is 1.76. The van der Waals surface area contributed by atoms with Crippen LogP contribution in [0.4, 0.5) is 5.69 Å². The van der Waals surface area contributed by atoms with E-state index in [1.165, 1.54) is 10.9 Å². The molecule has 0 bridgehead atoms. The number of aryl methyl sites for hydroxylation is 1. The van der Waals surface area contributed by atoms with Crippen molar-refractivity contribution in [2.24, 2.45) is 7.05 Å². The minimum absolute atomic E-state index is 0.0165. The molecule has 4 rings (SSSR count). The smallest absolute Gasteiger partial charge is 0.261 e. The van der Waals surface area contributed by atoms with Crippen LogP contribution in [0.25, 0.3) is 10.9 Å². The van der Waals surface area contributed by atoms with Crippen molar-refractivity contribution in [1.82, 2.24) is 19.0 Å². The van der Waals surface area contributed by atoms with E-state index in [1.54, 1.807) is 17.7 Å². The van der Waals surface area contributed by atoms with Gasteiger partial charge in [0.25, 0.3) is 11.1 Å². The maximum atomic E-state index is 12.4. The molecule has 0 spiro atoms. The molecular weight excluding hydrogens is 370 g/mol. The highest BCUT2D eigenvalue weighted by Gasteiger charge is 2.18. The Kier molecular flexibility index (Phi) is 5.46. The lowest BCUT2D eigenvalue weighted by atomic mass is 10.1. The van der Waals surface area contributed by atoms with Gasteiger partial charge in [-0.05, 0) is 29.8 Å². The largest absolute Gasteiger partial charge is 0.395 e. The van der Waals surface area contributed by atoms with Gasteiger partial charge in [-0.1, -0.05) is 0 Å². The van der Waals surface area contributed by atoms with Gasteiger partial charge in [0.05, 0.1) is 30.4 Å². The molecule has 1 aliphatic rings. The first kappa shape index (κ1) is 19.4. The maximum absolute atomic E-state index is 12.4. The highest BCUT2D eigenvalue weighted by atomic mass is 16.3. The van der Waals surface area contributed by atoms with E-state index in [1.807, 2.05) is 30.5 Å². The summed E-state index contributed by atoms with van der Waals surface area (Å²) in [5.41, 5.74) is 2.65. The Morgan fingerprint density at radius 1 is 1.07 bits per heavy atom. The third kappa shape index (κ3) is 4.08. The van der Waals surface area contributed by atoms with Crippen LogP contribution in [-0.4, -0.2) is 56.9 Å². The molecule has 1 aliphatic heterocycles. The molecule has 3 heterocycles. The number of aromatic nitrogens is 3. The van der Waals surface area contributed by atoms with E-state index in [9.17, 15) is 9.59 Å². The maximum Gasteiger partial charge on any atom is 0.261 e. The number of fused-ring (bicyclic) bond motifs is 1. The SMILES string of the molecule is Cn1ccc(CN2CCN(c3ccc4c(=O)n(CCO)cnc4c3)CC2)cc1=O. The molecule has 0 radical (unpaired) electrons. The van der Waals surface area contributed by atoms with Gasteiger partial charge in [0.15, 0.2) is 0 Å². The second-order valence-electron chi connectivity index (χ2n) is 7.42. The Balaban J connectivity index is 1.44. The summed E-state index contributed by atoms with van der Waals surface area (Å²) in [5.74, 6) is 0. The molecule has 152 valence electrons. The summed E-state index contributed by atoms with van der Waals surface area (Å²) in [6.07, 6.45) is 3.30. The van der Waals surface area contributed by atoms with Crippen LogP contribution in [0.2, 0.25) is 0 Å². The first-order valence-corrected chi connectivity index (χ1v) is 9.78. The van der Waals surface area contributed by atoms with Gasteiger partial charge in [0, 0.05) is 57.7 Å². The highest BCUT2D eigenvalue weighted by Crippen LogP contribution is 2.21. The van der Waals surface area contributed by atoms with Crippen molar-refractivity contribution in [3.05, 3.63) is 69.1 Å². The Bertz CT molecular complexity index is 1130. The van der Waals surface area contributed by atoms with Gasteiger partial charge in [-0.15, -0.1) is 0 Å². The lowest BCUT2D eigenvalue weighted by Crippen LogP contribution is -2.46. The number of anilines is 1. The average Bonchev–Trinajstić information content (AvgIpc) is 2.73. The van der Waals surface area contributed by atoms with Gasteiger partial charge >= 0.3 is 0 Å². The lowest BCUT2D eigenvalue weighted by Gasteiger charge is -2.36. The second-order valence-corrected chi connectivity index (χ2v) is 7.42. The van der Waals surface area contributed by atoms with Crippen LogP contribution in [0.15, 0.2) is 52.4 Å². The van der Waals surface area contributed by atoms with Gasteiger partial charge < -0.3 is 14.6 Å². The number of hydrogen-bond acceptors (Lipinski definition) is 6. The molecule has 3 aromatic rings. The molecule has 0 atom stereocenters. The van der Waals surface area contributed by atoms with Crippen LogP contribution in [0.5, 0.6) is 0 Å². The monoisotopic (exact) mass is 395 g/mol. The van der Waals surface area contributed by atoms with Gasteiger partial charge in [-0.25, -0.2) is 4.98 Å². The van der Waals surface area contributed by atoms with Gasteiger partial charge in [0.1, 0.15) is 0 Å². The zero-order chi connectivity index (χ0) is 20.4. The Morgan fingerprint density at radius 2 is 1.86 bits per heavy atom. The molecule has 1 fully saturated rings. The summed E-state index contributed by atoms with van der Waals surface area (Å²) in [5, 5.41) is 9.62. The second kappa shape index (κ2) is 8.18. The number of hydrogen-bond donors (Lipinski definition) is 1. The molecule has 1 aromatic carbocycles. The predicted octanol–water partition coefficient (Wildman–Crippen LogP) is 0.410. The zero-order valence-electron chi connectivity index (χ0n) is 16.5. The van der Waals surface area contributed by atoms with Crippen LogP contribution in [0.3, 0.4) is 0 Å². The van der Waals surface area contributed by atoms with Crippen LogP contribution in [-0.2, 0) is 20.1 Å². The van der Waals surface area contributed by atoms with Crippen molar-refractivity contribution in [1.29, 1.82) is 0 Å². The van der Waals surface area contributed by atoms with Crippen molar-refractivity contribution in [3.63, 3.8) is 0 Å². The number of aliphatic hydroxyl groups excluding tert-OH is 1. The van der Waals surface area contributed by atoms with Gasteiger partial charge in [-0.2, -0.15) is 0 Å². The first-order valence-electron chi connectivity index (χ1n) is 9.78. The Labute approximate surface area is 168 Å². The summed E-state index contributed by atoms with van der Waals surface area (Å²) < 4.78 is 3.01. The van der Waals surface area contributed by atoms with Crippen molar-refractivity contribution >= 4 is 16.6 Å². The topological polar surface area (TPSA) is 83.6 Å². The van der Waals surface area contributed by atoms with E-state index in [2.05, 4.69) is 14.8 Å². The van der Waals surface area contributed by atoms with E-state index in [0.717, 1.165) is 44.0 Å². The minimum atomic E-state index is -0.130. The lowest BCUT2D eigenvalue weighted by molar-refractivity contribution is 0.249. The molecule has 0 aliphatic carbocycles. The number of benzene rings is 1. The van der Waals surface area contributed by atoms with E-state index in [0.29, 0.717) is 10.9 Å². The number of rotatable bonds is 5. The fourth-order valence-electron chi connectivity index (χ4n) is 3.72. The first-order chi connectivity index (χ1) is 14.0. The molecule has 0 unspecified atom stereocenters. The third-order valence-corrected chi connectivity index (χ3v) is 5.46. The number of piperazine rings is 1. The molecule has 29 heavy (non-hydrogen) atoms. The normalized spacial score (nSPS) is 15.2. The van der Waals surface area contributed by atoms with E-state index >= 15 is 0 Å². The summed E-state index contributed by atoms with van der Waals surface area (Å²) in [6, 6.07) is 9.43. The quantitative estimate of drug-likeness (QED) is 0.674. The molecule has 0 saturated carbocycles. The molecule has 0 amide bonds. The van der Waals surface area contributed by atoms with E-state index < -0.39 is 0 Å². The average molecular weight is 395 g/mol. The van der Waals surface area contributed by atoms with Crippen molar-refractivity contribution in [2.75, 3.05) is 37.7 Å². The Hall–Kier alpha value is -2.97. The summed E-state index contributed by atoms with van der Waals surface area (Å²) >= 11 is 0. The van der Waals surface area contributed by atoms with E-state index in [4.69, 9.17) is 5.11 Å². The van der Waals surface area contributed by atoms with Crippen molar-refractivity contribution in [3.8, 4) is 0 Å². The standard InChI is InChI=1S/C21H25N5O3/c1-23-5-4-16(12-20(23)28)14-24-6-8-25(9-7-24)17-2-3-18-19(13-17)22-15-26(10-11-27)21(18)29/h2-5,12-13,15,27H,6-11,14H2,1H3. The molecule has 1 N–H and O–H groups in total. The summed E-state index contributed by atoms with van der Waals surface area (Å²) in [6.45, 7) is 4.48. The fraction of sp³-hybridized carbons (Fsp3) is 0.381. The van der Waals surface area contributed by atoms with Gasteiger partial charge in [-0.3, -0.25) is 19.1 Å². The predicted molar refractivity (Wildman–Crippen MR) is 112 cm³/mol. The van der Waals surface area contributed by atoms with Crippen LogP contribution < -0.4 is 16.0 Å². The highest BCUT2D eigenvalue weighted by molar-refractivity contribution is 5.81. The van der Waals surface area contributed by atoms with Crippen LogP contribution in [0.1, 0.15) is 5.56 Å².